The number of aromatic nitrogens is 1. The van der Waals surface area contributed by atoms with Crippen molar-refractivity contribution < 1.29 is 0 Å². The number of hydrogen-bond acceptors (Lipinski definition) is 2. The van der Waals surface area contributed by atoms with E-state index in [2.05, 4.69) is 17.1 Å². The smallest absolute Gasteiger partial charge is 0.0774 e. The van der Waals surface area contributed by atoms with E-state index in [4.69, 9.17) is 5.26 Å². The minimum atomic E-state index is 0.379. The van der Waals surface area contributed by atoms with Crippen molar-refractivity contribution in [3.05, 3.63) is 41.6 Å². The SMILES string of the molecule is Cc1ccc2ccc(CC#N)nc2c1. The molecule has 0 saturated carbocycles. The highest BCUT2D eigenvalue weighted by molar-refractivity contribution is 5.79. The van der Waals surface area contributed by atoms with Crippen LogP contribution in [0.2, 0.25) is 0 Å². The summed E-state index contributed by atoms with van der Waals surface area (Å²) in [7, 11) is 0. The van der Waals surface area contributed by atoms with Crippen molar-refractivity contribution in [2.75, 3.05) is 0 Å². The van der Waals surface area contributed by atoms with Crippen molar-refractivity contribution in [3.8, 4) is 6.07 Å². The number of aryl methyl sites for hydroxylation is 1. The molecule has 0 atom stereocenters. The molecule has 0 fully saturated rings. The molecular weight excluding hydrogens is 172 g/mol. The lowest BCUT2D eigenvalue weighted by atomic mass is 10.1. The predicted octanol–water partition coefficient (Wildman–Crippen LogP) is 2.61. The van der Waals surface area contributed by atoms with Gasteiger partial charge in [0.15, 0.2) is 0 Å². The van der Waals surface area contributed by atoms with Gasteiger partial charge in [0.05, 0.1) is 23.7 Å². The third kappa shape index (κ3) is 1.57. The lowest BCUT2D eigenvalue weighted by Crippen LogP contribution is -1.88. The van der Waals surface area contributed by atoms with Crippen molar-refractivity contribution in [2.45, 2.75) is 13.3 Å². The zero-order valence-electron chi connectivity index (χ0n) is 7.99. The summed E-state index contributed by atoms with van der Waals surface area (Å²) >= 11 is 0. The minimum absolute atomic E-state index is 0.379. The maximum absolute atomic E-state index is 8.56. The van der Waals surface area contributed by atoms with Crippen LogP contribution in [0.15, 0.2) is 30.3 Å². The average molecular weight is 182 g/mol. The third-order valence-corrected chi connectivity index (χ3v) is 2.17. The molecule has 1 heterocycles. The maximum Gasteiger partial charge on any atom is 0.0774 e. The Balaban J connectivity index is 2.59. The van der Waals surface area contributed by atoms with Crippen LogP contribution in [0.1, 0.15) is 11.3 Å². The van der Waals surface area contributed by atoms with E-state index in [1.54, 1.807) is 0 Å². The van der Waals surface area contributed by atoms with Gasteiger partial charge in [-0.25, -0.2) is 0 Å². The molecule has 68 valence electrons. The molecule has 0 aliphatic heterocycles. The van der Waals surface area contributed by atoms with Crippen molar-refractivity contribution in [1.82, 2.24) is 4.98 Å². The number of fused-ring (bicyclic) bond motifs is 1. The first-order valence-electron chi connectivity index (χ1n) is 4.53. The Morgan fingerprint density at radius 2 is 2.07 bits per heavy atom. The van der Waals surface area contributed by atoms with Gasteiger partial charge in [0, 0.05) is 5.39 Å². The van der Waals surface area contributed by atoms with Gasteiger partial charge in [-0.3, -0.25) is 4.98 Å². The van der Waals surface area contributed by atoms with E-state index in [0.29, 0.717) is 6.42 Å². The number of nitrogens with zero attached hydrogens (tertiary/aromatic N) is 2. The van der Waals surface area contributed by atoms with Crippen LogP contribution >= 0.6 is 0 Å². The first kappa shape index (κ1) is 8.71. The fraction of sp³-hybridized carbons (Fsp3) is 0.167. The molecular formula is C12H10N2. The van der Waals surface area contributed by atoms with Crippen LogP contribution in [0.5, 0.6) is 0 Å². The molecule has 0 bridgehead atoms. The average Bonchev–Trinajstić information content (AvgIpc) is 2.17. The molecule has 0 radical (unpaired) electrons. The van der Waals surface area contributed by atoms with E-state index in [0.717, 1.165) is 16.6 Å². The highest BCUT2D eigenvalue weighted by Crippen LogP contribution is 2.14. The van der Waals surface area contributed by atoms with Gasteiger partial charge in [-0.1, -0.05) is 18.2 Å². The maximum atomic E-state index is 8.56. The van der Waals surface area contributed by atoms with Crippen LogP contribution in [-0.2, 0) is 6.42 Å². The summed E-state index contributed by atoms with van der Waals surface area (Å²) in [6.45, 7) is 2.04. The summed E-state index contributed by atoms with van der Waals surface area (Å²) in [5, 5.41) is 9.68. The molecule has 14 heavy (non-hydrogen) atoms. The topological polar surface area (TPSA) is 36.7 Å². The molecule has 1 aromatic carbocycles. The van der Waals surface area contributed by atoms with E-state index in [9.17, 15) is 0 Å². The zero-order chi connectivity index (χ0) is 9.97. The Labute approximate surface area is 82.8 Å². The van der Waals surface area contributed by atoms with E-state index in [1.165, 1.54) is 5.56 Å². The molecule has 2 heteroatoms. The second kappa shape index (κ2) is 3.47. The Kier molecular flexibility index (Phi) is 2.16. The van der Waals surface area contributed by atoms with Crippen LogP contribution in [0.3, 0.4) is 0 Å². The molecule has 2 aromatic rings. The third-order valence-electron chi connectivity index (χ3n) is 2.17. The predicted molar refractivity (Wildman–Crippen MR) is 55.8 cm³/mol. The van der Waals surface area contributed by atoms with Gasteiger partial charge in [0.2, 0.25) is 0 Å². The molecule has 0 saturated heterocycles. The van der Waals surface area contributed by atoms with Crippen molar-refractivity contribution in [1.29, 1.82) is 5.26 Å². The van der Waals surface area contributed by atoms with E-state index >= 15 is 0 Å². The largest absolute Gasteiger partial charge is 0.252 e. The second-order valence-corrected chi connectivity index (χ2v) is 3.33. The quantitative estimate of drug-likeness (QED) is 0.679. The summed E-state index contributed by atoms with van der Waals surface area (Å²) in [5.74, 6) is 0. The van der Waals surface area contributed by atoms with Crippen molar-refractivity contribution in [2.24, 2.45) is 0 Å². The first-order valence-corrected chi connectivity index (χ1v) is 4.53. The van der Waals surface area contributed by atoms with Gasteiger partial charge in [-0.05, 0) is 24.6 Å². The zero-order valence-corrected chi connectivity index (χ0v) is 7.99. The molecule has 0 unspecified atom stereocenters. The standard InChI is InChI=1S/C12H10N2/c1-9-2-3-10-4-5-11(6-7-13)14-12(10)8-9/h2-5,8H,6H2,1H3. The van der Waals surface area contributed by atoms with E-state index in [1.807, 2.05) is 31.2 Å². The van der Waals surface area contributed by atoms with Crippen LogP contribution in [-0.4, -0.2) is 4.98 Å². The van der Waals surface area contributed by atoms with Gasteiger partial charge in [0.1, 0.15) is 0 Å². The minimum Gasteiger partial charge on any atom is -0.252 e. The van der Waals surface area contributed by atoms with Gasteiger partial charge in [-0.2, -0.15) is 5.26 Å². The van der Waals surface area contributed by atoms with E-state index < -0.39 is 0 Å². The van der Waals surface area contributed by atoms with Crippen molar-refractivity contribution >= 4 is 10.9 Å². The number of pyridine rings is 1. The molecule has 2 rings (SSSR count). The van der Waals surface area contributed by atoms with Crippen LogP contribution in [0, 0.1) is 18.3 Å². The number of rotatable bonds is 1. The highest BCUT2D eigenvalue weighted by atomic mass is 14.7. The number of benzene rings is 1. The Bertz CT molecular complexity index is 509. The summed E-state index contributed by atoms with van der Waals surface area (Å²) in [5.41, 5.74) is 3.00. The second-order valence-electron chi connectivity index (χ2n) is 3.33. The molecule has 0 amide bonds. The van der Waals surface area contributed by atoms with Crippen LogP contribution in [0.25, 0.3) is 10.9 Å². The normalized spacial score (nSPS) is 10.0. The van der Waals surface area contributed by atoms with Crippen LogP contribution in [0.4, 0.5) is 0 Å². The Morgan fingerprint density at radius 1 is 1.29 bits per heavy atom. The van der Waals surface area contributed by atoms with Gasteiger partial charge in [-0.15, -0.1) is 0 Å². The molecule has 0 N–H and O–H groups in total. The summed E-state index contributed by atoms with van der Waals surface area (Å²) in [4.78, 5) is 4.40. The lowest BCUT2D eigenvalue weighted by Gasteiger charge is -2.00. The monoisotopic (exact) mass is 182 g/mol. The molecule has 0 aliphatic rings. The Hall–Kier alpha value is -1.88. The number of hydrogen-bond donors (Lipinski definition) is 0. The van der Waals surface area contributed by atoms with Crippen molar-refractivity contribution in [3.63, 3.8) is 0 Å². The van der Waals surface area contributed by atoms with Gasteiger partial charge >= 0.3 is 0 Å². The highest BCUT2D eigenvalue weighted by Gasteiger charge is 1.97. The molecule has 0 aliphatic carbocycles. The molecule has 2 nitrogen and oxygen atoms in total. The fourth-order valence-electron chi connectivity index (χ4n) is 1.45. The van der Waals surface area contributed by atoms with Crippen LogP contribution < -0.4 is 0 Å². The summed E-state index contributed by atoms with van der Waals surface area (Å²) in [6, 6.07) is 12.2. The molecule has 0 spiro atoms. The fourth-order valence-corrected chi connectivity index (χ4v) is 1.45. The lowest BCUT2D eigenvalue weighted by molar-refractivity contribution is 1.15. The first-order chi connectivity index (χ1) is 6.79. The summed E-state index contributed by atoms with van der Waals surface area (Å²) < 4.78 is 0. The van der Waals surface area contributed by atoms with Gasteiger partial charge in [0.25, 0.3) is 0 Å². The van der Waals surface area contributed by atoms with E-state index in [-0.39, 0.29) is 0 Å². The van der Waals surface area contributed by atoms with Gasteiger partial charge < -0.3 is 0 Å². The number of nitriles is 1. The molecule has 1 aromatic heterocycles. The summed E-state index contributed by atoms with van der Waals surface area (Å²) in [6.07, 6.45) is 0.379. The Morgan fingerprint density at radius 3 is 2.86 bits per heavy atom.